The zero-order valence-corrected chi connectivity index (χ0v) is 14.1. The lowest BCUT2D eigenvalue weighted by Gasteiger charge is -2.22. The van der Waals surface area contributed by atoms with Crippen LogP contribution in [0.4, 0.5) is 10.6 Å². The lowest BCUT2D eigenvalue weighted by molar-refractivity contribution is -0.118. The molecule has 25 heavy (non-hydrogen) atoms. The van der Waals surface area contributed by atoms with Crippen molar-refractivity contribution in [3.8, 4) is 5.75 Å². The predicted molar refractivity (Wildman–Crippen MR) is 90.4 cm³/mol. The largest absolute Gasteiger partial charge is 0.480 e. The number of carbonyl (C=O) groups is 3. The molecule has 2 aliphatic rings. The van der Waals surface area contributed by atoms with Crippen LogP contribution in [-0.2, 0) is 4.79 Å². The van der Waals surface area contributed by atoms with Gasteiger partial charge in [-0.25, -0.2) is 9.78 Å². The van der Waals surface area contributed by atoms with Gasteiger partial charge < -0.3 is 25.8 Å². The maximum atomic E-state index is 10.9. The second-order valence-electron chi connectivity index (χ2n) is 5.56. The van der Waals surface area contributed by atoms with E-state index in [1.807, 2.05) is 0 Å². The molecule has 0 spiro atoms. The highest BCUT2D eigenvalue weighted by atomic mass is 35.5. The fourth-order valence-corrected chi connectivity index (χ4v) is 2.60. The zero-order valence-electron chi connectivity index (χ0n) is 13.4. The van der Waals surface area contributed by atoms with E-state index in [2.05, 4.69) is 20.9 Å². The number of ether oxygens (including phenoxy) is 1. The first-order valence-corrected chi connectivity index (χ1v) is 8.13. The van der Waals surface area contributed by atoms with Crippen LogP contribution in [0.2, 0.25) is 5.02 Å². The maximum Gasteiger partial charge on any atom is 0.404 e. The molecule has 0 unspecified atom stereocenters. The standard InChI is InChI=1S/C8H5ClN2O3.C7H14N2O2/c9-4-1-6-8(10-5(4)2-12)11-7(13)3-14-6;10-7(11)9-5-6-2-1-3-8-4-6/h1-2H,3H2,(H,10,11,13);6,8-9H,1-5H2,(H,10,11)/t;6-/m.1/s1. The number of nitrogens with one attached hydrogen (secondary N) is 3. The third kappa shape index (κ3) is 5.87. The Kier molecular flexibility index (Phi) is 6.96. The lowest BCUT2D eigenvalue weighted by Crippen LogP contribution is -2.37. The van der Waals surface area contributed by atoms with Gasteiger partial charge in [-0.15, -0.1) is 0 Å². The Morgan fingerprint density at radius 3 is 3.00 bits per heavy atom. The highest BCUT2D eigenvalue weighted by Gasteiger charge is 2.19. The van der Waals surface area contributed by atoms with Gasteiger partial charge in [-0.05, 0) is 31.8 Å². The van der Waals surface area contributed by atoms with Crippen molar-refractivity contribution >= 4 is 35.7 Å². The summed E-state index contributed by atoms with van der Waals surface area (Å²) in [5, 5.41) is 16.6. The van der Waals surface area contributed by atoms with Crippen LogP contribution >= 0.6 is 11.6 Å². The molecule has 1 fully saturated rings. The Bertz CT molecular complexity index is 649. The summed E-state index contributed by atoms with van der Waals surface area (Å²) in [5.74, 6) is 0.789. The van der Waals surface area contributed by atoms with Crippen molar-refractivity contribution in [1.82, 2.24) is 15.6 Å². The van der Waals surface area contributed by atoms with Gasteiger partial charge in [0.15, 0.2) is 24.5 Å². The quantitative estimate of drug-likeness (QED) is 0.587. The summed E-state index contributed by atoms with van der Waals surface area (Å²) in [4.78, 5) is 35.3. The third-order valence-corrected chi connectivity index (χ3v) is 3.94. The SMILES string of the molecule is O=C(O)NC[C@@H]1CCCNC1.O=Cc1nc2c(cc1Cl)OCC(=O)N2. The number of aldehydes is 1. The second-order valence-corrected chi connectivity index (χ2v) is 5.96. The first kappa shape index (κ1) is 18.9. The molecular formula is C15H19ClN4O5. The summed E-state index contributed by atoms with van der Waals surface area (Å²) in [6.45, 7) is 2.54. The van der Waals surface area contributed by atoms with Gasteiger partial charge in [-0.3, -0.25) is 9.59 Å². The van der Waals surface area contributed by atoms with Gasteiger partial charge >= 0.3 is 6.09 Å². The van der Waals surface area contributed by atoms with Crippen LogP contribution < -0.4 is 20.7 Å². The molecule has 10 heteroatoms. The highest BCUT2D eigenvalue weighted by Crippen LogP contribution is 2.29. The predicted octanol–water partition coefficient (Wildman–Crippen LogP) is 1.13. The summed E-state index contributed by atoms with van der Waals surface area (Å²) in [5.41, 5.74) is 0.0798. The fourth-order valence-electron chi connectivity index (χ4n) is 2.41. The van der Waals surface area contributed by atoms with Gasteiger partial charge in [0.25, 0.3) is 5.91 Å². The Labute approximate surface area is 149 Å². The third-order valence-electron chi connectivity index (χ3n) is 3.64. The number of aromatic nitrogens is 1. The van der Waals surface area contributed by atoms with Crippen molar-refractivity contribution in [3.05, 3.63) is 16.8 Å². The Morgan fingerprint density at radius 2 is 2.36 bits per heavy atom. The van der Waals surface area contributed by atoms with Crippen LogP contribution in [0.1, 0.15) is 23.3 Å². The molecule has 1 saturated heterocycles. The number of hydrogen-bond donors (Lipinski definition) is 4. The van der Waals surface area contributed by atoms with Crippen molar-refractivity contribution in [2.24, 2.45) is 5.92 Å². The topological polar surface area (TPSA) is 130 Å². The molecule has 4 N–H and O–H groups in total. The van der Waals surface area contributed by atoms with Gasteiger partial charge in [0.2, 0.25) is 0 Å². The van der Waals surface area contributed by atoms with Crippen LogP contribution in [-0.4, -0.2) is 54.6 Å². The van der Waals surface area contributed by atoms with Gasteiger partial charge in [0.05, 0.1) is 5.02 Å². The van der Waals surface area contributed by atoms with Crippen molar-refractivity contribution in [2.45, 2.75) is 12.8 Å². The van der Waals surface area contributed by atoms with E-state index in [4.69, 9.17) is 21.4 Å². The van der Waals surface area contributed by atoms with Crippen molar-refractivity contribution < 1.29 is 24.2 Å². The monoisotopic (exact) mass is 370 g/mol. The van der Waals surface area contributed by atoms with Crippen LogP contribution in [0.5, 0.6) is 5.75 Å². The lowest BCUT2D eigenvalue weighted by atomic mass is 10.00. The number of amides is 2. The molecule has 1 aromatic rings. The number of carbonyl (C=O) groups excluding carboxylic acids is 2. The maximum absolute atomic E-state index is 10.9. The van der Waals surface area contributed by atoms with E-state index >= 15 is 0 Å². The first-order valence-electron chi connectivity index (χ1n) is 7.75. The normalized spacial score (nSPS) is 18.6. The Hall–Kier alpha value is -2.39. The van der Waals surface area contributed by atoms with E-state index in [9.17, 15) is 14.4 Å². The summed E-state index contributed by atoms with van der Waals surface area (Å²) >= 11 is 5.71. The molecule has 3 rings (SSSR count). The van der Waals surface area contributed by atoms with E-state index in [1.165, 1.54) is 6.07 Å². The molecule has 0 aliphatic carbocycles. The average molecular weight is 371 g/mol. The molecule has 3 heterocycles. The minimum Gasteiger partial charge on any atom is -0.480 e. The van der Waals surface area contributed by atoms with Crippen molar-refractivity contribution in [1.29, 1.82) is 0 Å². The molecule has 2 amide bonds. The first-order chi connectivity index (χ1) is 12.0. The minimum atomic E-state index is -0.921. The molecule has 0 aromatic carbocycles. The zero-order chi connectivity index (χ0) is 18.2. The molecule has 0 bridgehead atoms. The average Bonchev–Trinajstić information content (AvgIpc) is 2.61. The highest BCUT2D eigenvalue weighted by molar-refractivity contribution is 6.33. The molecule has 0 saturated carbocycles. The van der Waals surface area contributed by atoms with Gasteiger partial charge in [-0.2, -0.15) is 0 Å². The number of fused-ring (bicyclic) bond motifs is 1. The van der Waals surface area contributed by atoms with Crippen molar-refractivity contribution in [2.75, 3.05) is 31.6 Å². The summed E-state index contributed by atoms with van der Waals surface area (Å²) in [7, 11) is 0. The number of hydrogen-bond acceptors (Lipinski definition) is 6. The van der Waals surface area contributed by atoms with E-state index in [0.717, 1.165) is 25.9 Å². The Balaban J connectivity index is 0.000000186. The van der Waals surface area contributed by atoms with E-state index < -0.39 is 6.09 Å². The van der Waals surface area contributed by atoms with E-state index in [0.29, 0.717) is 24.5 Å². The molecule has 1 atom stereocenters. The van der Waals surface area contributed by atoms with E-state index in [1.54, 1.807) is 0 Å². The fraction of sp³-hybridized carbons (Fsp3) is 0.467. The van der Waals surface area contributed by atoms with Crippen LogP contribution in [0.3, 0.4) is 0 Å². The molecule has 2 aliphatic heterocycles. The van der Waals surface area contributed by atoms with Gasteiger partial charge in [0, 0.05) is 12.6 Å². The van der Waals surface area contributed by atoms with Crippen molar-refractivity contribution in [3.63, 3.8) is 0 Å². The number of nitrogens with zero attached hydrogens (tertiary/aromatic N) is 1. The van der Waals surface area contributed by atoms with Crippen LogP contribution in [0.25, 0.3) is 0 Å². The summed E-state index contributed by atoms with van der Waals surface area (Å²) in [6.07, 6.45) is 1.89. The Morgan fingerprint density at radius 1 is 1.56 bits per heavy atom. The number of rotatable bonds is 3. The summed E-state index contributed by atoms with van der Waals surface area (Å²) < 4.78 is 5.04. The molecule has 136 valence electrons. The minimum absolute atomic E-state index is 0.0640. The van der Waals surface area contributed by atoms with Crippen LogP contribution in [0, 0.1) is 5.92 Å². The van der Waals surface area contributed by atoms with Crippen LogP contribution in [0.15, 0.2) is 6.07 Å². The molecule has 1 aromatic heterocycles. The molecule has 0 radical (unpaired) electrons. The molecule has 9 nitrogen and oxygen atoms in total. The second kappa shape index (κ2) is 9.19. The van der Waals surface area contributed by atoms with Gasteiger partial charge in [-0.1, -0.05) is 11.6 Å². The number of anilines is 1. The smallest absolute Gasteiger partial charge is 0.404 e. The van der Waals surface area contributed by atoms with E-state index in [-0.39, 0.29) is 29.0 Å². The number of piperidine rings is 1. The number of pyridine rings is 1. The number of carboxylic acid groups (broad SMARTS) is 1. The molecular weight excluding hydrogens is 352 g/mol. The van der Waals surface area contributed by atoms with Gasteiger partial charge in [0.1, 0.15) is 5.69 Å². The number of halogens is 1. The summed E-state index contributed by atoms with van der Waals surface area (Å²) in [6, 6.07) is 1.45.